The van der Waals surface area contributed by atoms with E-state index in [9.17, 15) is 0 Å². The Morgan fingerprint density at radius 3 is 2.81 bits per heavy atom. The fourth-order valence-electron chi connectivity index (χ4n) is 2.29. The molecule has 0 aliphatic rings. The molecule has 0 aliphatic carbocycles. The molecule has 0 radical (unpaired) electrons. The molecule has 0 fully saturated rings. The van der Waals surface area contributed by atoms with E-state index < -0.39 is 0 Å². The summed E-state index contributed by atoms with van der Waals surface area (Å²) in [6, 6.07) is 10.2. The number of nitrogens with zero attached hydrogens (tertiary/aromatic N) is 2. The Hall–Kier alpha value is -2.03. The van der Waals surface area contributed by atoms with Gasteiger partial charge in [-0.2, -0.15) is 0 Å². The molecule has 0 amide bonds. The Morgan fingerprint density at radius 2 is 2.00 bits per heavy atom. The number of nitrogen functional groups attached to an aromatic ring is 1. The molecule has 16 heavy (non-hydrogen) atoms. The van der Waals surface area contributed by atoms with Crippen molar-refractivity contribution in [2.75, 3.05) is 5.73 Å². The van der Waals surface area contributed by atoms with Crippen molar-refractivity contribution in [3.63, 3.8) is 0 Å². The fraction of sp³-hybridized carbons (Fsp3) is 0.154. The molecule has 80 valence electrons. The second-order valence-electron chi connectivity index (χ2n) is 4.13. The van der Waals surface area contributed by atoms with Crippen molar-refractivity contribution in [1.82, 2.24) is 9.55 Å². The first-order valence-corrected chi connectivity index (χ1v) is 5.29. The second-order valence-corrected chi connectivity index (χ2v) is 4.13. The van der Waals surface area contributed by atoms with Crippen LogP contribution in [0.25, 0.3) is 21.9 Å². The minimum atomic E-state index is 0.805. The molecule has 2 heterocycles. The van der Waals surface area contributed by atoms with Crippen molar-refractivity contribution >= 4 is 27.6 Å². The molecular weight excluding hydrogens is 198 g/mol. The topological polar surface area (TPSA) is 43.8 Å². The number of rotatable bonds is 0. The Balaban J connectivity index is 2.67. The minimum Gasteiger partial charge on any atom is -0.398 e. The Bertz CT molecular complexity index is 695. The number of aryl methyl sites for hydroxylation is 2. The lowest BCUT2D eigenvalue weighted by Crippen LogP contribution is -1.94. The Labute approximate surface area is 93.5 Å². The van der Waals surface area contributed by atoms with Gasteiger partial charge in [-0.3, -0.25) is 0 Å². The van der Waals surface area contributed by atoms with Gasteiger partial charge in [0.15, 0.2) is 0 Å². The maximum Gasteiger partial charge on any atom is 0.143 e. The summed E-state index contributed by atoms with van der Waals surface area (Å²) in [5.41, 5.74) is 9.97. The third kappa shape index (κ3) is 1.05. The maximum atomic E-state index is 6.08. The van der Waals surface area contributed by atoms with Crippen LogP contribution in [-0.2, 0) is 7.05 Å². The first-order chi connectivity index (χ1) is 7.68. The van der Waals surface area contributed by atoms with Gasteiger partial charge in [0.05, 0.1) is 5.52 Å². The van der Waals surface area contributed by atoms with Crippen LogP contribution in [0.5, 0.6) is 0 Å². The maximum absolute atomic E-state index is 6.08. The smallest absolute Gasteiger partial charge is 0.143 e. The summed E-state index contributed by atoms with van der Waals surface area (Å²) >= 11 is 0. The van der Waals surface area contributed by atoms with Gasteiger partial charge in [0, 0.05) is 29.2 Å². The van der Waals surface area contributed by atoms with Crippen LogP contribution in [0.2, 0.25) is 0 Å². The SMILES string of the molecule is Cc1cc(N)c2c3ccccc3n(C)c2n1. The summed E-state index contributed by atoms with van der Waals surface area (Å²) < 4.78 is 2.09. The average Bonchev–Trinajstić information content (AvgIpc) is 2.54. The van der Waals surface area contributed by atoms with Crippen LogP contribution in [0, 0.1) is 6.92 Å². The van der Waals surface area contributed by atoms with Crippen molar-refractivity contribution in [2.24, 2.45) is 7.05 Å². The molecule has 1 aromatic carbocycles. The number of pyridine rings is 1. The molecule has 0 atom stereocenters. The van der Waals surface area contributed by atoms with E-state index in [4.69, 9.17) is 5.73 Å². The number of hydrogen-bond donors (Lipinski definition) is 1. The number of benzene rings is 1. The monoisotopic (exact) mass is 211 g/mol. The molecule has 3 nitrogen and oxygen atoms in total. The normalized spacial score (nSPS) is 11.4. The van der Waals surface area contributed by atoms with E-state index in [1.807, 2.05) is 32.2 Å². The van der Waals surface area contributed by atoms with Gasteiger partial charge in [-0.1, -0.05) is 18.2 Å². The third-order valence-corrected chi connectivity index (χ3v) is 3.01. The summed E-state index contributed by atoms with van der Waals surface area (Å²) in [5.74, 6) is 0. The predicted molar refractivity (Wildman–Crippen MR) is 67.4 cm³/mol. The van der Waals surface area contributed by atoms with Gasteiger partial charge in [0.25, 0.3) is 0 Å². The molecule has 3 aromatic rings. The quantitative estimate of drug-likeness (QED) is 0.621. The molecule has 0 aliphatic heterocycles. The van der Waals surface area contributed by atoms with Crippen LogP contribution in [0.1, 0.15) is 5.69 Å². The van der Waals surface area contributed by atoms with E-state index in [-0.39, 0.29) is 0 Å². The Morgan fingerprint density at radius 1 is 1.25 bits per heavy atom. The van der Waals surface area contributed by atoms with Gasteiger partial charge in [-0.25, -0.2) is 4.98 Å². The van der Waals surface area contributed by atoms with Crippen molar-refractivity contribution in [3.05, 3.63) is 36.0 Å². The highest BCUT2D eigenvalue weighted by molar-refractivity contribution is 6.12. The molecule has 0 spiro atoms. The molecular formula is C13H13N3. The van der Waals surface area contributed by atoms with Crippen molar-refractivity contribution < 1.29 is 0 Å². The molecule has 2 N–H and O–H groups in total. The summed E-state index contributed by atoms with van der Waals surface area (Å²) in [5, 5.41) is 2.23. The van der Waals surface area contributed by atoms with Crippen molar-refractivity contribution in [3.8, 4) is 0 Å². The second kappa shape index (κ2) is 2.98. The number of hydrogen-bond acceptors (Lipinski definition) is 2. The van der Waals surface area contributed by atoms with Gasteiger partial charge in [-0.15, -0.1) is 0 Å². The van der Waals surface area contributed by atoms with E-state index in [0.717, 1.165) is 22.4 Å². The zero-order valence-corrected chi connectivity index (χ0v) is 9.36. The molecule has 3 heteroatoms. The van der Waals surface area contributed by atoms with Gasteiger partial charge in [0.1, 0.15) is 5.65 Å². The number of anilines is 1. The van der Waals surface area contributed by atoms with E-state index in [1.165, 1.54) is 10.9 Å². The van der Waals surface area contributed by atoms with E-state index in [0.29, 0.717) is 0 Å². The third-order valence-electron chi connectivity index (χ3n) is 3.01. The van der Waals surface area contributed by atoms with Crippen LogP contribution < -0.4 is 5.73 Å². The molecule has 0 saturated heterocycles. The zero-order valence-electron chi connectivity index (χ0n) is 9.36. The lowest BCUT2D eigenvalue weighted by atomic mass is 10.1. The largest absolute Gasteiger partial charge is 0.398 e. The lowest BCUT2D eigenvalue weighted by molar-refractivity contribution is 0.982. The highest BCUT2D eigenvalue weighted by atomic mass is 15.0. The first kappa shape index (κ1) is 9.21. The molecule has 0 unspecified atom stereocenters. The Kier molecular flexibility index (Phi) is 1.72. The van der Waals surface area contributed by atoms with Crippen LogP contribution in [0.15, 0.2) is 30.3 Å². The van der Waals surface area contributed by atoms with Gasteiger partial charge < -0.3 is 10.3 Å². The highest BCUT2D eigenvalue weighted by Crippen LogP contribution is 2.31. The molecule has 0 saturated carbocycles. The van der Waals surface area contributed by atoms with E-state index in [2.05, 4.69) is 21.7 Å². The molecule has 3 rings (SSSR count). The van der Waals surface area contributed by atoms with E-state index >= 15 is 0 Å². The van der Waals surface area contributed by atoms with Gasteiger partial charge in [-0.05, 0) is 19.1 Å². The van der Waals surface area contributed by atoms with E-state index in [1.54, 1.807) is 0 Å². The van der Waals surface area contributed by atoms with Crippen LogP contribution in [-0.4, -0.2) is 9.55 Å². The number of fused-ring (bicyclic) bond motifs is 3. The average molecular weight is 211 g/mol. The van der Waals surface area contributed by atoms with Crippen molar-refractivity contribution in [1.29, 1.82) is 0 Å². The standard InChI is InChI=1S/C13H13N3/c1-8-7-10(14)12-9-5-3-4-6-11(9)16(2)13(12)15-8/h3-7H,1-2H3,(H2,14,15). The number of aromatic nitrogens is 2. The summed E-state index contributed by atoms with van der Waals surface area (Å²) in [7, 11) is 2.02. The van der Waals surface area contributed by atoms with Crippen molar-refractivity contribution in [2.45, 2.75) is 6.92 Å². The summed E-state index contributed by atoms with van der Waals surface area (Å²) in [6.07, 6.45) is 0. The van der Waals surface area contributed by atoms with Crippen LogP contribution in [0.3, 0.4) is 0 Å². The summed E-state index contributed by atoms with van der Waals surface area (Å²) in [6.45, 7) is 1.97. The molecule has 0 bridgehead atoms. The zero-order chi connectivity index (χ0) is 11.3. The fourth-order valence-corrected chi connectivity index (χ4v) is 2.29. The predicted octanol–water partition coefficient (Wildman–Crippen LogP) is 2.62. The van der Waals surface area contributed by atoms with Crippen LogP contribution >= 0.6 is 0 Å². The van der Waals surface area contributed by atoms with Crippen LogP contribution in [0.4, 0.5) is 5.69 Å². The number of nitrogens with two attached hydrogens (primary N) is 1. The van der Waals surface area contributed by atoms with Gasteiger partial charge >= 0.3 is 0 Å². The van der Waals surface area contributed by atoms with Gasteiger partial charge in [0.2, 0.25) is 0 Å². The number of para-hydroxylation sites is 1. The lowest BCUT2D eigenvalue weighted by Gasteiger charge is -2.00. The minimum absolute atomic E-state index is 0.805. The molecule has 2 aromatic heterocycles. The first-order valence-electron chi connectivity index (χ1n) is 5.29. The highest BCUT2D eigenvalue weighted by Gasteiger charge is 2.11. The summed E-state index contributed by atoms with van der Waals surface area (Å²) in [4.78, 5) is 4.56.